The first-order chi connectivity index (χ1) is 7.56. The first-order valence-corrected chi connectivity index (χ1v) is 8.73. The van der Waals surface area contributed by atoms with Gasteiger partial charge in [-0.3, -0.25) is 0 Å². The van der Waals surface area contributed by atoms with Gasteiger partial charge in [-0.1, -0.05) is 32.4 Å². The highest BCUT2D eigenvalue weighted by atomic mass is 28.4. The van der Waals surface area contributed by atoms with Gasteiger partial charge < -0.3 is 14.8 Å². The number of hydrogen-bond acceptors (Lipinski definition) is 2. The van der Waals surface area contributed by atoms with E-state index in [1.165, 1.54) is 0 Å². The molecule has 0 radical (unpaired) electrons. The summed E-state index contributed by atoms with van der Waals surface area (Å²) in [6.45, 7) is 13.9. The monoisotopic (exact) mass is 259 g/mol. The van der Waals surface area contributed by atoms with E-state index in [9.17, 15) is 4.79 Å². The predicted molar refractivity (Wildman–Crippen MR) is 72.9 cm³/mol. The van der Waals surface area contributed by atoms with Crippen molar-refractivity contribution in [2.45, 2.75) is 45.8 Å². The van der Waals surface area contributed by atoms with E-state index < -0.39 is 14.4 Å². The molecule has 100 valence electrons. The third kappa shape index (κ3) is 6.48. The van der Waals surface area contributed by atoms with E-state index in [0.29, 0.717) is 13.2 Å². The van der Waals surface area contributed by atoms with Crippen molar-refractivity contribution in [1.82, 2.24) is 5.32 Å². The fourth-order valence-corrected chi connectivity index (χ4v) is 1.90. The highest BCUT2D eigenvalue weighted by Gasteiger charge is 2.36. The molecule has 0 aromatic heterocycles. The molecule has 0 bridgehead atoms. The minimum absolute atomic E-state index is 0.201. The van der Waals surface area contributed by atoms with Crippen molar-refractivity contribution in [2.75, 3.05) is 13.2 Å². The number of carbonyl (C=O) groups is 1. The Morgan fingerprint density at radius 3 is 2.35 bits per heavy atom. The lowest BCUT2D eigenvalue weighted by Gasteiger charge is -2.36. The number of nitrogens with one attached hydrogen (secondary N) is 1. The zero-order valence-electron chi connectivity index (χ0n) is 11.8. The molecule has 4 nitrogen and oxygen atoms in total. The third-order valence-electron chi connectivity index (χ3n) is 3.17. The summed E-state index contributed by atoms with van der Waals surface area (Å²) in [7, 11) is -1.71. The van der Waals surface area contributed by atoms with Gasteiger partial charge in [-0.15, -0.1) is 0 Å². The molecule has 0 aromatic rings. The molecule has 0 aromatic carbocycles. The maximum atomic E-state index is 10.3. The molecule has 2 N–H and O–H groups in total. The van der Waals surface area contributed by atoms with Gasteiger partial charge in [-0.05, 0) is 25.1 Å². The molecular formula is C12H25NO3Si. The van der Waals surface area contributed by atoms with Crippen LogP contribution >= 0.6 is 0 Å². The highest BCUT2D eigenvalue weighted by molar-refractivity contribution is 6.74. The second-order valence-electron chi connectivity index (χ2n) is 5.79. The van der Waals surface area contributed by atoms with Crippen LogP contribution in [0.25, 0.3) is 0 Å². The molecular weight excluding hydrogens is 234 g/mol. The Balaban J connectivity index is 4.15. The van der Waals surface area contributed by atoms with Gasteiger partial charge in [0.15, 0.2) is 8.32 Å². The molecule has 0 spiro atoms. The minimum Gasteiger partial charge on any atom is -0.465 e. The van der Waals surface area contributed by atoms with Crippen molar-refractivity contribution in [2.24, 2.45) is 0 Å². The van der Waals surface area contributed by atoms with Gasteiger partial charge in [-0.25, -0.2) is 4.79 Å². The molecule has 0 unspecified atom stereocenters. The van der Waals surface area contributed by atoms with Crippen molar-refractivity contribution in [1.29, 1.82) is 0 Å². The molecule has 0 aliphatic carbocycles. The van der Waals surface area contributed by atoms with Crippen LogP contribution in [0, 0.1) is 0 Å². The van der Waals surface area contributed by atoms with E-state index in [4.69, 9.17) is 9.53 Å². The summed E-state index contributed by atoms with van der Waals surface area (Å²) < 4.78 is 6.01. The zero-order chi connectivity index (χ0) is 13.7. The van der Waals surface area contributed by atoms with E-state index in [0.717, 1.165) is 5.57 Å². The number of rotatable bonds is 5. The Bertz CT molecular complexity index is 293. The van der Waals surface area contributed by atoms with E-state index in [-0.39, 0.29) is 5.04 Å². The lowest BCUT2D eigenvalue weighted by molar-refractivity contribution is 0.195. The van der Waals surface area contributed by atoms with Crippen molar-refractivity contribution in [3.63, 3.8) is 0 Å². The van der Waals surface area contributed by atoms with Crippen LogP contribution < -0.4 is 5.32 Å². The summed E-state index contributed by atoms with van der Waals surface area (Å²) in [5, 5.41) is 10.9. The average molecular weight is 259 g/mol. The lowest BCUT2D eigenvalue weighted by Crippen LogP contribution is -2.41. The summed E-state index contributed by atoms with van der Waals surface area (Å²) in [6, 6.07) is 0. The molecule has 0 saturated heterocycles. The van der Waals surface area contributed by atoms with Crippen LogP contribution in [0.1, 0.15) is 27.7 Å². The normalized spacial score (nSPS) is 13.6. The molecule has 0 aliphatic rings. The maximum absolute atomic E-state index is 10.3. The molecule has 0 rings (SSSR count). The Labute approximate surface area is 105 Å². The quantitative estimate of drug-likeness (QED) is 0.588. The molecule has 1 amide bonds. The molecule has 0 heterocycles. The van der Waals surface area contributed by atoms with Crippen LogP contribution in [0.2, 0.25) is 18.1 Å². The van der Waals surface area contributed by atoms with Crippen molar-refractivity contribution in [3.8, 4) is 0 Å². The fraction of sp³-hybridized carbons (Fsp3) is 0.750. The summed E-state index contributed by atoms with van der Waals surface area (Å²) >= 11 is 0. The van der Waals surface area contributed by atoms with Crippen molar-refractivity contribution in [3.05, 3.63) is 11.6 Å². The van der Waals surface area contributed by atoms with Crippen molar-refractivity contribution < 1.29 is 14.3 Å². The summed E-state index contributed by atoms with van der Waals surface area (Å²) in [5.74, 6) is 0. The van der Waals surface area contributed by atoms with E-state index in [1.807, 2.05) is 13.0 Å². The summed E-state index contributed by atoms with van der Waals surface area (Å²) in [4.78, 5) is 10.3. The van der Waals surface area contributed by atoms with Crippen LogP contribution in [0.4, 0.5) is 4.79 Å². The van der Waals surface area contributed by atoms with Crippen LogP contribution in [-0.4, -0.2) is 32.7 Å². The SMILES string of the molecule is CC(=CCNC(=O)O)CO[Si](C)(C)C(C)(C)C. The number of hydrogen-bond donors (Lipinski definition) is 2. The topological polar surface area (TPSA) is 58.6 Å². The van der Waals surface area contributed by atoms with Gasteiger partial charge in [-0.2, -0.15) is 0 Å². The Hall–Kier alpha value is -0.813. The second kappa shape index (κ2) is 6.21. The van der Waals surface area contributed by atoms with Gasteiger partial charge in [0, 0.05) is 6.54 Å². The van der Waals surface area contributed by atoms with E-state index in [2.05, 4.69) is 39.2 Å². The number of amides is 1. The fourth-order valence-electron chi connectivity index (χ4n) is 0.882. The summed E-state index contributed by atoms with van der Waals surface area (Å²) in [6.07, 6.45) is 0.848. The molecule has 17 heavy (non-hydrogen) atoms. The lowest BCUT2D eigenvalue weighted by atomic mass is 10.2. The van der Waals surface area contributed by atoms with Crippen LogP contribution in [0.15, 0.2) is 11.6 Å². The summed E-state index contributed by atoms with van der Waals surface area (Å²) in [5.41, 5.74) is 1.06. The van der Waals surface area contributed by atoms with Crippen LogP contribution in [0.3, 0.4) is 0 Å². The van der Waals surface area contributed by atoms with Crippen LogP contribution in [-0.2, 0) is 4.43 Å². The predicted octanol–water partition coefficient (Wildman–Crippen LogP) is 3.22. The molecule has 0 aliphatic heterocycles. The second-order valence-corrected chi connectivity index (χ2v) is 10.6. The molecule has 0 saturated carbocycles. The Morgan fingerprint density at radius 2 is 1.94 bits per heavy atom. The van der Waals surface area contributed by atoms with Gasteiger partial charge in [0.25, 0.3) is 0 Å². The molecule has 0 fully saturated rings. The van der Waals surface area contributed by atoms with Crippen molar-refractivity contribution >= 4 is 14.4 Å². The number of carboxylic acid groups (broad SMARTS) is 1. The minimum atomic E-state index is -1.71. The largest absolute Gasteiger partial charge is 0.465 e. The standard InChI is InChI=1S/C12H25NO3Si/c1-10(7-8-13-11(14)15)9-16-17(5,6)12(2,3)4/h7,13H,8-9H2,1-6H3,(H,14,15). The average Bonchev–Trinajstić information content (AvgIpc) is 2.12. The van der Waals surface area contributed by atoms with E-state index in [1.54, 1.807) is 0 Å². The van der Waals surface area contributed by atoms with E-state index >= 15 is 0 Å². The Morgan fingerprint density at radius 1 is 1.41 bits per heavy atom. The van der Waals surface area contributed by atoms with Gasteiger partial charge in [0.2, 0.25) is 0 Å². The molecule has 5 heteroatoms. The molecule has 0 atom stereocenters. The zero-order valence-corrected chi connectivity index (χ0v) is 12.8. The van der Waals surface area contributed by atoms with Gasteiger partial charge >= 0.3 is 6.09 Å². The maximum Gasteiger partial charge on any atom is 0.404 e. The van der Waals surface area contributed by atoms with Gasteiger partial charge in [0.1, 0.15) is 0 Å². The Kier molecular flexibility index (Phi) is 5.91. The first kappa shape index (κ1) is 16.2. The highest BCUT2D eigenvalue weighted by Crippen LogP contribution is 2.36. The van der Waals surface area contributed by atoms with Gasteiger partial charge in [0.05, 0.1) is 6.61 Å². The van der Waals surface area contributed by atoms with Crippen LogP contribution in [0.5, 0.6) is 0 Å². The third-order valence-corrected chi connectivity index (χ3v) is 7.65. The first-order valence-electron chi connectivity index (χ1n) is 5.82. The smallest absolute Gasteiger partial charge is 0.404 e.